The van der Waals surface area contributed by atoms with Crippen molar-refractivity contribution in [1.29, 1.82) is 0 Å². The molecular weight excluding hydrogens is 279 g/mol. The zero-order valence-electron chi connectivity index (χ0n) is 10.6. The van der Waals surface area contributed by atoms with Gasteiger partial charge in [0.15, 0.2) is 12.0 Å². The van der Waals surface area contributed by atoms with Crippen molar-refractivity contribution in [2.45, 2.75) is 38.3 Å². The zero-order valence-corrected chi connectivity index (χ0v) is 10.6. The number of alkyl halides is 3. The van der Waals surface area contributed by atoms with Gasteiger partial charge in [-0.05, 0) is 19.3 Å². The number of halogens is 3. The largest absolute Gasteiger partial charge is 0.456 e. The van der Waals surface area contributed by atoms with Crippen molar-refractivity contribution < 1.29 is 27.4 Å². The van der Waals surface area contributed by atoms with Gasteiger partial charge in [-0.1, -0.05) is 5.21 Å². The first-order chi connectivity index (χ1) is 9.47. The van der Waals surface area contributed by atoms with Crippen LogP contribution in [0.1, 0.15) is 29.8 Å². The molecule has 20 heavy (non-hydrogen) atoms. The molecule has 0 spiro atoms. The monoisotopic (exact) mass is 293 g/mol. The number of nitrogens with zero attached hydrogens (tertiary/aromatic N) is 3. The second-order valence-electron chi connectivity index (χ2n) is 4.36. The first kappa shape index (κ1) is 14.9. The first-order valence-corrected chi connectivity index (χ1v) is 6.21. The standard InChI is InChI=1S/C11H14F3N3O3/c12-11(13,14)10(18)8-7-17(16-15-8)4-6-20-9-3-1-2-5-19-9/h7,9H,1-6H2. The van der Waals surface area contributed by atoms with Crippen LogP contribution in [-0.4, -0.2) is 46.5 Å². The van der Waals surface area contributed by atoms with E-state index in [0.717, 1.165) is 30.1 Å². The van der Waals surface area contributed by atoms with Crippen LogP contribution >= 0.6 is 0 Å². The molecule has 1 unspecified atom stereocenters. The maximum absolute atomic E-state index is 12.2. The minimum Gasteiger partial charge on any atom is -0.353 e. The van der Waals surface area contributed by atoms with Gasteiger partial charge in [-0.3, -0.25) is 4.79 Å². The van der Waals surface area contributed by atoms with Crippen LogP contribution in [-0.2, 0) is 16.0 Å². The van der Waals surface area contributed by atoms with Crippen molar-refractivity contribution in [2.75, 3.05) is 13.2 Å². The highest BCUT2D eigenvalue weighted by atomic mass is 19.4. The van der Waals surface area contributed by atoms with E-state index in [-0.39, 0.29) is 19.4 Å². The molecule has 1 aromatic rings. The highest BCUT2D eigenvalue weighted by Crippen LogP contribution is 2.19. The molecule has 0 aliphatic carbocycles. The zero-order chi connectivity index (χ0) is 14.6. The molecule has 1 fully saturated rings. The molecule has 0 bridgehead atoms. The summed E-state index contributed by atoms with van der Waals surface area (Å²) >= 11 is 0. The van der Waals surface area contributed by atoms with E-state index < -0.39 is 17.7 Å². The van der Waals surface area contributed by atoms with E-state index in [0.29, 0.717) is 6.61 Å². The van der Waals surface area contributed by atoms with Crippen LogP contribution in [0.4, 0.5) is 13.2 Å². The minimum absolute atomic E-state index is 0.206. The Kier molecular flexibility index (Phi) is 4.71. The molecule has 112 valence electrons. The predicted octanol–water partition coefficient (Wildman–Crippen LogP) is 1.57. The molecule has 0 amide bonds. The van der Waals surface area contributed by atoms with Crippen molar-refractivity contribution in [1.82, 2.24) is 15.0 Å². The molecule has 1 saturated heterocycles. The molecule has 9 heteroatoms. The van der Waals surface area contributed by atoms with Crippen LogP contribution in [0.2, 0.25) is 0 Å². The molecule has 0 saturated carbocycles. The van der Waals surface area contributed by atoms with Gasteiger partial charge in [-0.25, -0.2) is 4.68 Å². The fourth-order valence-electron chi connectivity index (χ4n) is 1.78. The summed E-state index contributed by atoms with van der Waals surface area (Å²) in [5.74, 6) is -2.00. The van der Waals surface area contributed by atoms with Gasteiger partial charge in [-0.15, -0.1) is 5.10 Å². The fraction of sp³-hybridized carbons (Fsp3) is 0.727. The van der Waals surface area contributed by atoms with E-state index in [1.165, 1.54) is 0 Å². The molecule has 0 radical (unpaired) electrons. The Balaban J connectivity index is 1.79. The SMILES string of the molecule is O=C(c1cn(CCOC2CCCCO2)nn1)C(F)(F)F. The van der Waals surface area contributed by atoms with E-state index in [4.69, 9.17) is 9.47 Å². The summed E-state index contributed by atoms with van der Waals surface area (Å²) in [5.41, 5.74) is -0.716. The Bertz CT molecular complexity index is 455. The smallest absolute Gasteiger partial charge is 0.353 e. The number of carbonyl (C=O) groups excluding carboxylic acids is 1. The predicted molar refractivity (Wildman–Crippen MR) is 60.0 cm³/mol. The average molecular weight is 293 g/mol. The van der Waals surface area contributed by atoms with E-state index in [9.17, 15) is 18.0 Å². The number of hydrogen-bond acceptors (Lipinski definition) is 5. The lowest BCUT2D eigenvalue weighted by Gasteiger charge is -2.22. The molecule has 1 aromatic heterocycles. The van der Waals surface area contributed by atoms with Gasteiger partial charge in [-0.2, -0.15) is 13.2 Å². The van der Waals surface area contributed by atoms with Crippen LogP contribution in [0.3, 0.4) is 0 Å². The lowest BCUT2D eigenvalue weighted by molar-refractivity contribution is -0.163. The number of ketones is 1. The summed E-state index contributed by atoms with van der Waals surface area (Å²) in [6.45, 7) is 1.09. The molecular formula is C11H14F3N3O3. The Hall–Kier alpha value is -1.48. The van der Waals surface area contributed by atoms with Gasteiger partial charge < -0.3 is 9.47 Å². The topological polar surface area (TPSA) is 66.2 Å². The maximum atomic E-state index is 12.2. The van der Waals surface area contributed by atoms with Gasteiger partial charge in [0.2, 0.25) is 0 Å². The summed E-state index contributed by atoms with van der Waals surface area (Å²) in [6, 6.07) is 0. The van der Waals surface area contributed by atoms with Crippen molar-refractivity contribution in [3.63, 3.8) is 0 Å². The number of hydrogen-bond donors (Lipinski definition) is 0. The summed E-state index contributed by atoms with van der Waals surface area (Å²) in [6.07, 6.45) is -1.42. The summed E-state index contributed by atoms with van der Waals surface area (Å²) in [5, 5.41) is 6.66. The average Bonchev–Trinajstić information content (AvgIpc) is 2.87. The number of rotatable bonds is 5. The highest BCUT2D eigenvalue weighted by molar-refractivity contribution is 5.98. The van der Waals surface area contributed by atoms with E-state index >= 15 is 0 Å². The molecule has 1 aliphatic rings. The van der Waals surface area contributed by atoms with Gasteiger partial charge >= 0.3 is 6.18 Å². The van der Waals surface area contributed by atoms with E-state index in [2.05, 4.69) is 10.3 Å². The summed E-state index contributed by atoms with van der Waals surface area (Å²) < 4.78 is 48.4. The van der Waals surface area contributed by atoms with E-state index in [1.807, 2.05) is 0 Å². The van der Waals surface area contributed by atoms with Gasteiger partial charge in [0.25, 0.3) is 5.78 Å². The van der Waals surface area contributed by atoms with Crippen LogP contribution in [0.25, 0.3) is 0 Å². The lowest BCUT2D eigenvalue weighted by atomic mass is 10.2. The molecule has 6 nitrogen and oxygen atoms in total. The third-order valence-electron chi connectivity index (χ3n) is 2.79. The summed E-state index contributed by atoms with van der Waals surface area (Å²) in [7, 11) is 0. The van der Waals surface area contributed by atoms with Crippen molar-refractivity contribution >= 4 is 5.78 Å². The summed E-state index contributed by atoms with van der Waals surface area (Å²) in [4.78, 5) is 10.9. The van der Waals surface area contributed by atoms with Crippen molar-refractivity contribution in [2.24, 2.45) is 0 Å². The second-order valence-corrected chi connectivity index (χ2v) is 4.36. The van der Waals surface area contributed by atoms with Gasteiger partial charge in [0, 0.05) is 6.61 Å². The Morgan fingerprint density at radius 1 is 1.50 bits per heavy atom. The Labute approximate surface area is 112 Å². The third-order valence-corrected chi connectivity index (χ3v) is 2.79. The van der Waals surface area contributed by atoms with Crippen molar-refractivity contribution in [3.05, 3.63) is 11.9 Å². The molecule has 1 atom stereocenters. The lowest BCUT2D eigenvalue weighted by Crippen LogP contribution is -2.24. The van der Waals surface area contributed by atoms with Crippen LogP contribution < -0.4 is 0 Å². The Morgan fingerprint density at radius 3 is 2.95 bits per heavy atom. The van der Waals surface area contributed by atoms with Crippen LogP contribution in [0.5, 0.6) is 0 Å². The van der Waals surface area contributed by atoms with Crippen molar-refractivity contribution in [3.8, 4) is 0 Å². The number of ether oxygens (including phenoxy) is 2. The number of aromatic nitrogens is 3. The Morgan fingerprint density at radius 2 is 2.30 bits per heavy atom. The quantitative estimate of drug-likeness (QED) is 0.771. The number of Topliss-reactive ketones (excluding diaryl/α,β-unsaturated/α-hetero) is 1. The van der Waals surface area contributed by atoms with Crippen LogP contribution in [0, 0.1) is 0 Å². The van der Waals surface area contributed by atoms with Gasteiger partial charge in [0.05, 0.1) is 19.3 Å². The second kappa shape index (κ2) is 6.31. The van der Waals surface area contributed by atoms with Gasteiger partial charge in [0.1, 0.15) is 0 Å². The molecule has 2 rings (SSSR count). The first-order valence-electron chi connectivity index (χ1n) is 6.21. The molecule has 2 heterocycles. The molecule has 0 aromatic carbocycles. The molecule has 1 aliphatic heterocycles. The number of carbonyl (C=O) groups is 1. The molecule has 0 N–H and O–H groups in total. The van der Waals surface area contributed by atoms with E-state index in [1.54, 1.807) is 0 Å². The minimum atomic E-state index is -4.94. The fourth-order valence-corrected chi connectivity index (χ4v) is 1.78. The maximum Gasteiger partial charge on any atom is 0.456 e. The third kappa shape index (κ3) is 4.01. The highest BCUT2D eigenvalue weighted by Gasteiger charge is 2.41. The normalized spacial score (nSPS) is 20.1. The van der Waals surface area contributed by atoms with Crippen LogP contribution in [0.15, 0.2) is 6.20 Å².